The van der Waals surface area contributed by atoms with E-state index in [1.54, 1.807) is 13.8 Å². The number of carbonyl (C=O) groups is 1. The Morgan fingerprint density at radius 1 is 1.19 bits per heavy atom. The highest BCUT2D eigenvalue weighted by molar-refractivity contribution is 5.77. The summed E-state index contributed by atoms with van der Waals surface area (Å²) in [4.78, 5) is 11.4. The van der Waals surface area contributed by atoms with Crippen molar-refractivity contribution < 1.29 is 19.7 Å². The molecule has 1 aliphatic rings. The molecule has 0 aromatic rings. The maximum Gasteiger partial charge on any atom is 0.335 e. The van der Waals surface area contributed by atoms with Gasteiger partial charge in [0.05, 0.1) is 12.2 Å². The molecule has 0 aromatic carbocycles. The van der Waals surface area contributed by atoms with Crippen molar-refractivity contribution in [2.75, 3.05) is 0 Å². The molecule has 94 valence electrons. The first-order valence-corrected chi connectivity index (χ1v) is 6.07. The van der Waals surface area contributed by atoms with E-state index in [0.29, 0.717) is 12.8 Å². The fourth-order valence-electron chi connectivity index (χ4n) is 2.14. The summed E-state index contributed by atoms with van der Waals surface area (Å²) in [5.74, 6) is -0.887. The smallest absolute Gasteiger partial charge is 0.335 e. The van der Waals surface area contributed by atoms with Crippen molar-refractivity contribution in [2.24, 2.45) is 0 Å². The first-order valence-electron chi connectivity index (χ1n) is 6.07. The average molecular weight is 230 g/mol. The Hall–Kier alpha value is -0.610. The van der Waals surface area contributed by atoms with Crippen molar-refractivity contribution in [1.29, 1.82) is 0 Å². The Morgan fingerprint density at radius 3 is 2.06 bits per heavy atom. The topological polar surface area (TPSA) is 66.8 Å². The van der Waals surface area contributed by atoms with Crippen LogP contribution < -0.4 is 0 Å². The molecule has 0 saturated heterocycles. The lowest BCUT2D eigenvalue weighted by Crippen LogP contribution is -2.45. The summed E-state index contributed by atoms with van der Waals surface area (Å²) in [6.45, 7) is 3.34. The number of hydrogen-bond donors (Lipinski definition) is 2. The van der Waals surface area contributed by atoms with E-state index in [4.69, 9.17) is 4.74 Å². The number of ether oxygens (including phenoxy) is 1. The van der Waals surface area contributed by atoms with Crippen molar-refractivity contribution in [3.63, 3.8) is 0 Å². The lowest BCUT2D eigenvalue weighted by atomic mass is 9.94. The Bertz CT molecular complexity index is 229. The molecule has 1 saturated carbocycles. The van der Waals surface area contributed by atoms with E-state index < -0.39 is 23.8 Å². The van der Waals surface area contributed by atoms with Crippen LogP contribution in [-0.2, 0) is 9.53 Å². The standard InChI is InChI=1S/C12H22O4/c1-9(13)10(2)16-12(11(14)15)7-5-3-4-6-8-12/h9-10,13H,3-8H2,1-2H3,(H,14,15). The summed E-state index contributed by atoms with van der Waals surface area (Å²) in [7, 11) is 0. The second kappa shape index (κ2) is 5.64. The number of aliphatic hydroxyl groups excluding tert-OH is 1. The molecule has 1 rings (SSSR count). The fourth-order valence-corrected chi connectivity index (χ4v) is 2.14. The Labute approximate surface area is 96.6 Å². The molecule has 0 heterocycles. The molecule has 1 fully saturated rings. The normalized spacial score (nSPS) is 24.4. The van der Waals surface area contributed by atoms with Crippen LogP contribution in [0.4, 0.5) is 0 Å². The molecule has 0 spiro atoms. The monoisotopic (exact) mass is 230 g/mol. The quantitative estimate of drug-likeness (QED) is 0.724. The van der Waals surface area contributed by atoms with Crippen LogP contribution >= 0.6 is 0 Å². The van der Waals surface area contributed by atoms with Gasteiger partial charge >= 0.3 is 5.97 Å². The van der Waals surface area contributed by atoms with Gasteiger partial charge in [0.2, 0.25) is 0 Å². The molecule has 2 atom stereocenters. The van der Waals surface area contributed by atoms with E-state index in [9.17, 15) is 15.0 Å². The lowest BCUT2D eigenvalue weighted by Gasteiger charge is -2.32. The van der Waals surface area contributed by atoms with E-state index in [1.165, 1.54) is 0 Å². The van der Waals surface area contributed by atoms with Crippen molar-refractivity contribution in [3.8, 4) is 0 Å². The molecule has 0 aliphatic heterocycles. The van der Waals surface area contributed by atoms with Crippen molar-refractivity contribution in [3.05, 3.63) is 0 Å². The number of aliphatic hydroxyl groups is 1. The third kappa shape index (κ3) is 3.19. The van der Waals surface area contributed by atoms with E-state index in [0.717, 1.165) is 25.7 Å². The summed E-state index contributed by atoms with van der Waals surface area (Å²) >= 11 is 0. The summed E-state index contributed by atoms with van der Waals surface area (Å²) in [5.41, 5.74) is -1.08. The van der Waals surface area contributed by atoms with Gasteiger partial charge in [-0.05, 0) is 39.5 Å². The molecule has 0 amide bonds. The molecule has 0 bridgehead atoms. The van der Waals surface area contributed by atoms with Gasteiger partial charge < -0.3 is 14.9 Å². The average Bonchev–Trinajstić information content (AvgIpc) is 2.44. The summed E-state index contributed by atoms with van der Waals surface area (Å²) in [5, 5.41) is 18.7. The van der Waals surface area contributed by atoms with Crippen LogP contribution in [-0.4, -0.2) is 34.0 Å². The minimum Gasteiger partial charge on any atom is -0.479 e. The minimum atomic E-state index is -1.08. The second-order valence-electron chi connectivity index (χ2n) is 4.78. The van der Waals surface area contributed by atoms with Crippen molar-refractivity contribution >= 4 is 5.97 Å². The van der Waals surface area contributed by atoms with Gasteiger partial charge in [-0.25, -0.2) is 4.79 Å². The Balaban J connectivity index is 2.74. The van der Waals surface area contributed by atoms with E-state index >= 15 is 0 Å². The predicted octanol–water partition coefficient (Wildman–Crippen LogP) is 1.95. The van der Waals surface area contributed by atoms with Crippen LogP contribution in [0.15, 0.2) is 0 Å². The summed E-state index contributed by atoms with van der Waals surface area (Å²) in [6.07, 6.45) is 3.95. The van der Waals surface area contributed by atoms with Gasteiger partial charge in [-0.15, -0.1) is 0 Å². The maximum absolute atomic E-state index is 11.4. The van der Waals surface area contributed by atoms with Crippen LogP contribution in [0, 0.1) is 0 Å². The highest BCUT2D eigenvalue weighted by Gasteiger charge is 2.41. The number of carboxylic acid groups (broad SMARTS) is 1. The zero-order valence-corrected chi connectivity index (χ0v) is 10.1. The SMILES string of the molecule is CC(O)C(C)OC1(C(=O)O)CCCCCC1. The molecular formula is C12H22O4. The first-order chi connectivity index (χ1) is 7.48. The molecule has 0 aromatic heterocycles. The molecule has 16 heavy (non-hydrogen) atoms. The lowest BCUT2D eigenvalue weighted by molar-refractivity contribution is -0.182. The zero-order chi connectivity index (χ0) is 12.2. The fraction of sp³-hybridized carbons (Fsp3) is 0.917. The number of carboxylic acids is 1. The molecule has 4 nitrogen and oxygen atoms in total. The van der Waals surface area contributed by atoms with Crippen molar-refractivity contribution in [2.45, 2.75) is 70.2 Å². The predicted molar refractivity (Wildman–Crippen MR) is 60.3 cm³/mol. The van der Waals surface area contributed by atoms with Crippen LogP contribution in [0.25, 0.3) is 0 Å². The Morgan fingerprint density at radius 2 is 1.69 bits per heavy atom. The van der Waals surface area contributed by atoms with Gasteiger partial charge in [-0.3, -0.25) is 0 Å². The van der Waals surface area contributed by atoms with Gasteiger partial charge in [0.25, 0.3) is 0 Å². The maximum atomic E-state index is 11.4. The van der Waals surface area contributed by atoms with Crippen LogP contribution in [0.5, 0.6) is 0 Å². The Kier molecular flexibility index (Phi) is 4.74. The number of rotatable bonds is 4. The van der Waals surface area contributed by atoms with Crippen molar-refractivity contribution in [1.82, 2.24) is 0 Å². The van der Waals surface area contributed by atoms with Gasteiger partial charge in [-0.1, -0.05) is 12.8 Å². The summed E-state index contributed by atoms with van der Waals surface area (Å²) < 4.78 is 5.63. The van der Waals surface area contributed by atoms with E-state index in [1.807, 2.05) is 0 Å². The van der Waals surface area contributed by atoms with Crippen LogP contribution in [0.2, 0.25) is 0 Å². The number of hydrogen-bond acceptors (Lipinski definition) is 3. The summed E-state index contributed by atoms with van der Waals surface area (Å²) in [6, 6.07) is 0. The van der Waals surface area contributed by atoms with Gasteiger partial charge in [0.15, 0.2) is 5.60 Å². The first kappa shape index (κ1) is 13.5. The number of aliphatic carboxylic acids is 1. The van der Waals surface area contributed by atoms with Gasteiger partial charge in [-0.2, -0.15) is 0 Å². The third-order valence-electron chi connectivity index (χ3n) is 3.39. The third-order valence-corrected chi connectivity index (χ3v) is 3.39. The molecule has 0 radical (unpaired) electrons. The van der Waals surface area contributed by atoms with E-state index in [-0.39, 0.29) is 0 Å². The van der Waals surface area contributed by atoms with Crippen LogP contribution in [0.1, 0.15) is 52.4 Å². The van der Waals surface area contributed by atoms with E-state index in [2.05, 4.69) is 0 Å². The second-order valence-corrected chi connectivity index (χ2v) is 4.78. The highest BCUT2D eigenvalue weighted by Crippen LogP contribution is 2.32. The molecule has 4 heteroatoms. The van der Waals surface area contributed by atoms with Crippen LogP contribution in [0.3, 0.4) is 0 Å². The molecule has 2 N–H and O–H groups in total. The molecule has 2 unspecified atom stereocenters. The largest absolute Gasteiger partial charge is 0.479 e. The van der Waals surface area contributed by atoms with Gasteiger partial charge in [0, 0.05) is 0 Å². The molecule has 1 aliphatic carbocycles. The zero-order valence-electron chi connectivity index (χ0n) is 10.1. The molecular weight excluding hydrogens is 208 g/mol. The van der Waals surface area contributed by atoms with Gasteiger partial charge in [0.1, 0.15) is 0 Å². The minimum absolute atomic E-state index is 0.436. The highest BCUT2D eigenvalue weighted by atomic mass is 16.5.